The molecule has 0 bridgehead atoms. The molecule has 0 fully saturated rings. The predicted octanol–water partition coefficient (Wildman–Crippen LogP) is 2.88. The van der Waals surface area contributed by atoms with Crippen LogP contribution in [-0.4, -0.2) is 33.9 Å². The highest BCUT2D eigenvalue weighted by atomic mass is 32.1. The van der Waals surface area contributed by atoms with Crippen molar-refractivity contribution in [1.82, 2.24) is 15.3 Å². The van der Waals surface area contributed by atoms with Gasteiger partial charge in [-0.3, -0.25) is 19.9 Å². The largest absolute Gasteiger partial charge is 0.378 e. The van der Waals surface area contributed by atoms with E-state index in [0.717, 1.165) is 10.6 Å². The molecule has 138 valence electrons. The highest BCUT2D eigenvalue weighted by Gasteiger charge is 2.12. The molecule has 0 saturated carbocycles. The molecule has 0 radical (unpaired) electrons. The molecule has 2 heterocycles. The number of rotatable bonds is 8. The lowest BCUT2D eigenvalue weighted by molar-refractivity contribution is -0.384. The maximum atomic E-state index is 12.0. The molecule has 9 heteroatoms. The van der Waals surface area contributed by atoms with Gasteiger partial charge in [-0.2, -0.15) is 0 Å². The van der Waals surface area contributed by atoms with E-state index in [9.17, 15) is 14.9 Å². The molecule has 0 aliphatic rings. The average Bonchev–Trinajstić information content (AvgIpc) is 3.14. The maximum absolute atomic E-state index is 12.0. The Balaban J connectivity index is 1.46. The van der Waals surface area contributed by atoms with Gasteiger partial charge in [0.1, 0.15) is 10.7 Å². The Morgan fingerprint density at radius 3 is 2.81 bits per heavy atom. The van der Waals surface area contributed by atoms with Gasteiger partial charge in [0.2, 0.25) is 5.91 Å². The van der Waals surface area contributed by atoms with Gasteiger partial charge in [-0.15, -0.1) is 11.3 Å². The van der Waals surface area contributed by atoms with Gasteiger partial charge in [-0.25, -0.2) is 4.98 Å². The third-order valence-corrected chi connectivity index (χ3v) is 4.61. The van der Waals surface area contributed by atoms with E-state index in [2.05, 4.69) is 20.6 Å². The molecule has 0 aliphatic carbocycles. The number of para-hydroxylation sites is 2. The number of nitro benzene ring substituents is 1. The molecule has 2 aromatic heterocycles. The minimum Gasteiger partial charge on any atom is -0.378 e. The summed E-state index contributed by atoms with van der Waals surface area (Å²) in [5, 5.41) is 19.4. The lowest BCUT2D eigenvalue weighted by Gasteiger charge is -2.08. The number of thiazole rings is 1. The van der Waals surface area contributed by atoms with Gasteiger partial charge in [0.25, 0.3) is 5.69 Å². The Bertz CT molecular complexity index is 930. The zero-order valence-corrected chi connectivity index (χ0v) is 15.1. The normalized spacial score (nSPS) is 10.4. The summed E-state index contributed by atoms with van der Waals surface area (Å²) in [6.07, 6.45) is 3.61. The first-order valence-corrected chi connectivity index (χ1v) is 9.10. The van der Waals surface area contributed by atoms with Crippen molar-refractivity contribution < 1.29 is 9.72 Å². The molecule has 2 N–H and O–H groups in total. The van der Waals surface area contributed by atoms with Gasteiger partial charge < -0.3 is 10.6 Å². The van der Waals surface area contributed by atoms with Crippen LogP contribution >= 0.6 is 11.3 Å². The molecule has 3 aromatic rings. The fraction of sp³-hybridized carbons (Fsp3) is 0.167. The fourth-order valence-electron chi connectivity index (χ4n) is 2.42. The number of carbonyl (C=O) groups excluding carboxylic acids is 1. The van der Waals surface area contributed by atoms with Crippen molar-refractivity contribution in [3.63, 3.8) is 0 Å². The van der Waals surface area contributed by atoms with Crippen LogP contribution in [0.3, 0.4) is 0 Å². The lowest BCUT2D eigenvalue weighted by atomic mass is 10.2. The van der Waals surface area contributed by atoms with Crippen LogP contribution in [0.1, 0.15) is 5.69 Å². The number of nitro groups is 1. The van der Waals surface area contributed by atoms with Crippen molar-refractivity contribution in [2.75, 3.05) is 18.4 Å². The van der Waals surface area contributed by atoms with Crippen LogP contribution in [0.4, 0.5) is 11.4 Å². The van der Waals surface area contributed by atoms with Crippen LogP contribution in [0.2, 0.25) is 0 Å². The fourth-order valence-corrected chi connectivity index (χ4v) is 3.23. The number of carbonyl (C=O) groups is 1. The number of anilines is 1. The number of hydrogen-bond donors (Lipinski definition) is 2. The summed E-state index contributed by atoms with van der Waals surface area (Å²) in [5.41, 5.74) is 2.05. The van der Waals surface area contributed by atoms with Crippen LogP contribution in [0, 0.1) is 10.1 Å². The van der Waals surface area contributed by atoms with Gasteiger partial charge >= 0.3 is 0 Å². The van der Waals surface area contributed by atoms with E-state index in [1.165, 1.54) is 17.4 Å². The zero-order chi connectivity index (χ0) is 19.1. The Kier molecular flexibility index (Phi) is 6.06. The van der Waals surface area contributed by atoms with Gasteiger partial charge in [-0.1, -0.05) is 12.1 Å². The van der Waals surface area contributed by atoms with Crippen molar-refractivity contribution >= 4 is 28.6 Å². The van der Waals surface area contributed by atoms with Crippen LogP contribution in [0.5, 0.6) is 0 Å². The molecule has 8 nitrogen and oxygen atoms in total. The van der Waals surface area contributed by atoms with Crippen LogP contribution in [0.15, 0.2) is 54.2 Å². The molecular weight excluding hydrogens is 366 g/mol. The second-order valence-corrected chi connectivity index (χ2v) is 6.47. The first kappa shape index (κ1) is 18.5. The molecule has 3 rings (SSSR count). The summed E-state index contributed by atoms with van der Waals surface area (Å²) in [6.45, 7) is 0.735. The summed E-state index contributed by atoms with van der Waals surface area (Å²) >= 11 is 1.47. The quantitative estimate of drug-likeness (QED) is 0.352. The molecule has 1 aromatic carbocycles. The molecule has 0 saturated heterocycles. The first-order valence-electron chi connectivity index (χ1n) is 8.22. The van der Waals surface area contributed by atoms with Crippen LogP contribution in [-0.2, 0) is 11.2 Å². The Hall–Kier alpha value is -3.33. The summed E-state index contributed by atoms with van der Waals surface area (Å²) in [4.78, 5) is 31.1. The van der Waals surface area contributed by atoms with E-state index in [0.29, 0.717) is 24.5 Å². The predicted molar refractivity (Wildman–Crippen MR) is 104 cm³/mol. The van der Waals surface area contributed by atoms with E-state index in [1.807, 2.05) is 17.5 Å². The van der Waals surface area contributed by atoms with Crippen LogP contribution in [0.25, 0.3) is 10.6 Å². The Morgan fingerprint density at radius 1 is 1.19 bits per heavy atom. The van der Waals surface area contributed by atoms with Gasteiger partial charge in [0.15, 0.2) is 0 Å². The molecule has 0 unspecified atom stereocenters. The molecule has 27 heavy (non-hydrogen) atoms. The second kappa shape index (κ2) is 8.86. The third-order valence-electron chi connectivity index (χ3n) is 3.67. The molecule has 0 atom stereocenters. The summed E-state index contributed by atoms with van der Waals surface area (Å²) < 4.78 is 0. The SMILES string of the molecule is O=C(Cc1csc(-c2cccnc2)n1)NCCNc1ccccc1[N+](=O)[O-]. The summed E-state index contributed by atoms with van der Waals surface area (Å²) in [6, 6.07) is 10.2. The van der Waals surface area contributed by atoms with Crippen molar-refractivity contribution in [3.8, 4) is 10.6 Å². The number of benzene rings is 1. The average molecular weight is 383 g/mol. The molecule has 0 spiro atoms. The zero-order valence-electron chi connectivity index (χ0n) is 14.3. The topological polar surface area (TPSA) is 110 Å². The van der Waals surface area contributed by atoms with E-state index >= 15 is 0 Å². The third kappa shape index (κ3) is 5.08. The van der Waals surface area contributed by atoms with Crippen molar-refractivity contribution in [1.29, 1.82) is 0 Å². The van der Waals surface area contributed by atoms with Gasteiger partial charge in [0.05, 0.1) is 17.0 Å². The van der Waals surface area contributed by atoms with Crippen LogP contribution < -0.4 is 10.6 Å². The van der Waals surface area contributed by atoms with E-state index < -0.39 is 4.92 Å². The minimum absolute atomic E-state index is 0.00855. The lowest BCUT2D eigenvalue weighted by Crippen LogP contribution is -2.30. The van der Waals surface area contributed by atoms with Gasteiger partial charge in [0, 0.05) is 42.5 Å². The molecular formula is C18H17N5O3S. The first-order chi connectivity index (χ1) is 13.1. The van der Waals surface area contributed by atoms with E-state index in [1.54, 1.807) is 30.6 Å². The number of aromatic nitrogens is 2. The van der Waals surface area contributed by atoms with Gasteiger partial charge in [-0.05, 0) is 18.2 Å². The molecule has 0 aliphatic heterocycles. The number of hydrogen-bond acceptors (Lipinski definition) is 7. The number of nitrogens with one attached hydrogen (secondary N) is 2. The number of nitrogens with zero attached hydrogens (tertiary/aromatic N) is 3. The van der Waals surface area contributed by atoms with E-state index in [4.69, 9.17) is 0 Å². The second-order valence-electron chi connectivity index (χ2n) is 5.61. The highest BCUT2D eigenvalue weighted by Crippen LogP contribution is 2.23. The van der Waals surface area contributed by atoms with Crippen molar-refractivity contribution in [2.45, 2.75) is 6.42 Å². The summed E-state index contributed by atoms with van der Waals surface area (Å²) in [5.74, 6) is -0.151. The molecule has 1 amide bonds. The highest BCUT2D eigenvalue weighted by molar-refractivity contribution is 7.13. The monoisotopic (exact) mass is 383 g/mol. The maximum Gasteiger partial charge on any atom is 0.292 e. The Morgan fingerprint density at radius 2 is 2.04 bits per heavy atom. The Labute approximate surface area is 159 Å². The smallest absolute Gasteiger partial charge is 0.292 e. The van der Waals surface area contributed by atoms with Crippen molar-refractivity contribution in [2.24, 2.45) is 0 Å². The minimum atomic E-state index is -0.441. The number of pyridine rings is 1. The number of amides is 1. The van der Waals surface area contributed by atoms with Crippen molar-refractivity contribution in [3.05, 3.63) is 70.0 Å². The summed E-state index contributed by atoms with van der Waals surface area (Å²) in [7, 11) is 0. The van der Waals surface area contributed by atoms with E-state index in [-0.39, 0.29) is 18.0 Å². The standard InChI is InChI=1S/C18H17N5O3S/c24-17(10-14-12-27-18(22-14)13-4-3-7-19-11-13)21-9-8-20-15-5-1-2-6-16(15)23(25)26/h1-7,11-12,20H,8-10H2,(H,21,24).